The monoisotopic (exact) mass is 419 g/mol. The number of hydrogen-bond acceptors (Lipinski definition) is 5. The van der Waals surface area contributed by atoms with Crippen LogP contribution >= 0.6 is 11.8 Å². The molecule has 0 bridgehead atoms. The van der Waals surface area contributed by atoms with Crippen LogP contribution in [0.15, 0.2) is 0 Å². The van der Waals surface area contributed by atoms with E-state index in [1.807, 2.05) is 0 Å². The number of carbonyl (C=O) groups is 2. The van der Waals surface area contributed by atoms with E-state index in [9.17, 15) is 14.7 Å². The number of nitrogens with one attached hydrogen (secondary N) is 1. The largest absolute Gasteiger partial charge is 0.396 e. The summed E-state index contributed by atoms with van der Waals surface area (Å²) >= 11 is 2.14. The van der Waals surface area contributed by atoms with E-state index in [0.29, 0.717) is 40.3 Å². The van der Waals surface area contributed by atoms with E-state index in [1.54, 1.807) is 0 Å². The average molecular weight is 420 g/mol. The molecule has 9 atom stereocenters. The zero-order chi connectivity index (χ0) is 20.4. The van der Waals surface area contributed by atoms with Gasteiger partial charge in [0, 0.05) is 40.7 Å². The third-order valence-electron chi connectivity index (χ3n) is 9.97. The maximum absolute atomic E-state index is 13.7. The van der Waals surface area contributed by atoms with Gasteiger partial charge in [0.25, 0.3) is 0 Å². The van der Waals surface area contributed by atoms with Crippen LogP contribution in [0.5, 0.6) is 0 Å². The molecule has 0 spiro atoms. The standard InChI is InChI=1S/C24H37NO3S/c1-23-8-5-14(29-15-7-10-25-12-15)11-19(23)16(13-26)22(28)21-17-3-4-20(27)24(17,2)9-6-18(21)23/h14-19,21,25-26H,3-13H2,1-2H3/t14?,15?,16?,17-,18+,19?,21-,23+,24-/m0/s1. The quantitative estimate of drug-likeness (QED) is 0.733. The van der Waals surface area contributed by atoms with Crippen molar-refractivity contribution in [1.82, 2.24) is 5.32 Å². The number of rotatable bonds is 3. The molecule has 4 unspecified atom stereocenters. The van der Waals surface area contributed by atoms with Crippen molar-refractivity contribution in [1.29, 1.82) is 0 Å². The molecule has 5 heteroatoms. The first-order valence-electron chi connectivity index (χ1n) is 11.9. The number of fused-ring (bicyclic) bond motifs is 5. The molecule has 29 heavy (non-hydrogen) atoms. The van der Waals surface area contributed by atoms with Crippen LogP contribution in [0.1, 0.15) is 65.2 Å². The first-order chi connectivity index (χ1) is 13.9. The molecule has 1 heterocycles. The Labute approximate surface area is 179 Å². The zero-order valence-corrected chi connectivity index (χ0v) is 18.8. The van der Waals surface area contributed by atoms with Gasteiger partial charge in [-0.15, -0.1) is 0 Å². The summed E-state index contributed by atoms with van der Waals surface area (Å²) < 4.78 is 0. The van der Waals surface area contributed by atoms with Gasteiger partial charge in [-0.05, 0) is 74.7 Å². The molecule has 5 aliphatic rings. The van der Waals surface area contributed by atoms with Crippen LogP contribution in [0.25, 0.3) is 0 Å². The molecule has 4 aliphatic carbocycles. The number of carbonyl (C=O) groups excluding carboxylic acids is 2. The highest BCUT2D eigenvalue weighted by molar-refractivity contribution is 8.00. The Kier molecular flexibility index (Phi) is 5.19. The van der Waals surface area contributed by atoms with Gasteiger partial charge in [0.15, 0.2) is 0 Å². The van der Waals surface area contributed by atoms with Gasteiger partial charge in [0.05, 0.1) is 6.61 Å². The summed E-state index contributed by atoms with van der Waals surface area (Å²) in [7, 11) is 0. The lowest BCUT2D eigenvalue weighted by molar-refractivity contribution is -0.169. The van der Waals surface area contributed by atoms with Crippen molar-refractivity contribution < 1.29 is 14.7 Å². The summed E-state index contributed by atoms with van der Waals surface area (Å²) in [5.41, 5.74) is -0.146. The second-order valence-corrected chi connectivity index (χ2v) is 12.7. The molecular formula is C24H37NO3S. The van der Waals surface area contributed by atoms with Gasteiger partial charge in [0.2, 0.25) is 0 Å². The second-order valence-electron chi connectivity index (χ2n) is 11.1. The summed E-state index contributed by atoms with van der Waals surface area (Å²) in [5.74, 6) is 1.40. The van der Waals surface area contributed by atoms with Crippen molar-refractivity contribution in [3.8, 4) is 0 Å². The normalized spacial score (nSPS) is 52.2. The summed E-state index contributed by atoms with van der Waals surface area (Å²) in [6, 6.07) is 0. The molecule has 1 aliphatic heterocycles. The first-order valence-corrected chi connectivity index (χ1v) is 12.9. The minimum atomic E-state index is -0.289. The van der Waals surface area contributed by atoms with E-state index >= 15 is 0 Å². The highest BCUT2D eigenvalue weighted by Gasteiger charge is 2.65. The number of aliphatic hydroxyl groups excluding tert-OH is 1. The maximum atomic E-state index is 13.7. The summed E-state index contributed by atoms with van der Waals surface area (Å²) in [6.45, 7) is 6.79. The number of aliphatic hydroxyl groups is 1. The van der Waals surface area contributed by atoms with E-state index in [1.165, 1.54) is 19.3 Å². The molecule has 0 aromatic carbocycles. The van der Waals surface area contributed by atoms with E-state index < -0.39 is 0 Å². The smallest absolute Gasteiger partial charge is 0.142 e. The lowest BCUT2D eigenvalue weighted by Crippen LogP contribution is -2.61. The van der Waals surface area contributed by atoms with E-state index in [0.717, 1.165) is 38.8 Å². The van der Waals surface area contributed by atoms with Gasteiger partial charge in [0.1, 0.15) is 11.6 Å². The molecule has 2 N–H and O–H groups in total. The van der Waals surface area contributed by atoms with Crippen LogP contribution in [0.4, 0.5) is 0 Å². The number of hydrogen-bond donors (Lipinski definition) is 2. The molecule has 0 aromatic heterocycles. The molecule has 162 valence electrons. The van der Waals surface area contributed by atoms with Crippen LogP contribution in [0.2, 0.25) is 0 Å². The van der Waals surface area contributed by atoms with Crippen LogP contribution in [-0.4, -0.2) is 46.9 Å². The Morgan fingerprint density at radius 3 is 2.59 bits per heavy atom. The maximum Gasteiger partial charge on any atom is 0.142 e. The lowest BCUT2D eigenvalue weighted by Gasteiger charge is -2.61. The molecule has 4 saturated carbocycles. The van der Waals surface area contributed by atoms with Crippen molar-refractivity contribution in [2.45, 2.75) is 75.7 Å². The van der Waals surface area contributed by atoms with Crippen molar-refractivity contribution in [3.05, 3.63) is 0 Å². The molecule has 0 aromatic rings. The minimum Gasteiger partial charge on any atom is -0.396 e. The van der Waals surface area contributed by atoms with E-state index in [-0.39, 0.29) is 35.2 Å². The summed E-state index contributed by atoms with van der Waals surface area (Å²) in [5, 5.41) is 15.1. The van der Waals surface area contributed by atoms with E-state index in [4.69, 9.17) is 0 Å². The minimum absolute atomic E-state index is 0.00170. The predicted molar refractivity (Wildman–Crippen MR) is 116 cm³/mol. The predicted octanol–water partition coefficient (Wildman–Crippen LogP) is 3.46. The van der Waals surface area contributed by atoms with Crippen LogP contribution in [0.3, 0.4) is 0 Å². The number of thioether (sulfide) groups is 1. The first kappa shape index (κ1) is 20.5. The Morgan fingerprint density at radius 2 is 1.86 bits per heavy atom. The van der Waals surface area contributed by atoms with Gasteiger partial charge in [-0.1, -0.05) is 13.8 Å². The van der Waals surface area contributed by atoms with Gasteiger partial charge in [-0.2, -0.15) is 11.8 Å². The van der Waals surface area contributed by atoms with Gasteiger partial charge >= 0.3 is 0 Å². The fourth-order valence-electron chi connectivity index (χ4n) is 8.26. The Balaban J connectivity index is 1.42. The number of Topliss-reactive ketones (excluding diaryl/α,β-unsaturated/α-hetero) is 2. The third-order valence-corrected chi connectivity index (χ3v) is 11.6. The Morgan fingerprint density at radius 1 is 1.03 bits per heavy atom. The summed E-state index contributed by atoms with van der Waals surface area (Å²) in [4.78, 5) is 26.4. The molecule has 5 rings (SSSR count). The molecule has 1 saturated heterocycles. The topological polar surface area (TPSA) is 66.4 Å². The third kappa shape index (κ3) is 3.01. The Hall–Kier alpha value is -0.390. The fourth-order valence-corrected chi connectivity index (χ4v) is 9.85. The molecule has 5 fully saturated rings. The fraction of sp³-hybridized carbons (Fsp3) is 0.917. The number of ketones is 2. The van der Waals surface area contributed by atoms with Crippen molar-refractivity contribution in [3.63, 3.8) is 0 Å². The van der Waals surface area contributed by atoms with Crippen molar-refractivity contribution in [2.75, 3.05) is 19.7 Å². The lowest BCUT2D eigenvalue weighted by atomic mass is 9.43. The molecule has 0 radical (unpaired) electrons. The van der Waals surface area contributed by atoms with Gasteiger partial charge in [-0.3, -0.25) is 9.59 Å². The van der Waals surface area contributed by atoms with Crippen molar-refractivity contribution in [2.24, 2.45) is 40.4 Å². The van der Waals surface area contributed by atoms with Crippen LogP contribution in [-0.2, 0) is 9.59 Å². The second kappa shape index (κ2) is 7.34. The highest BCUT2D eigenvalue weighted by Crippen LogP contribution is 2.66. The average Bonchev–Trinajstić information content (AvgIpc) is 3.31. The zero-order valence-electron chi connectivity index (χ0n) is 18.0. The van der Waals surface area contributed by atoms with Gasteiger partial charge in [-0.25, -0.2) is 0 Å². The molecular weight excluding hydrogens is 382 g/mol. The Bertz CT molecular complexity index is 692. The van der Waals surface area contributed by atoms with Gasteiger partial charge < -0.3 is 10.4 Å². The molecule has 4 nitrogen and oxygen atoms in total. The van der Waals surface area contributed by atoms with Crippen molar-refractivity contribution >= 4 is 23.3 Å². The summed E-state index contributed by atoms with van der Waals surface area (Å²) in [6.07, 6.45) is 8.27. The van der Waals surface area contributed by atoms with E-state index in [2.05, 4.69) is 30.9 Å². The van der Waals surface area contributed by atoms with Crippen LogP contribution in [0, 0.1) is 40.4 Å². The molecule has 0 amide bonds. The highest BCUT2D eigenvalue weighted by atomic mass is 32.2. The SMILES string of the molecule is C[C@]12CCC(SC3CCNC3)CC1C(CO)C(=O)[C@@H]1[C@H]2CC[C@]2(C)C(=O)CC[C@@H]12. The van der Waals surface area contributed by atoms with Crippen LogP contribution < -0.4 is 5.32 Å².